The zero-order chi connectivity index (χ0) is 7.28. The SMILES string of the molecule is C/C=C(CC)\C(F)=C/C. The summed E-state index contributed by atoms with van der Waals surface area (Å²) in [6.07, 6.45) is 4.06. The molecule has 0 saturated heterocycles. The summed E-state index contributed by atoms with van der Waals surface area (Å²) in [5.41, 5.74) is 0.789. The maximum Gasteiger partial charge on any atom is 0.121 e. The van der Waals surface area contributed by atoms with E-state index in [1.807, 2.05) is 13.8 Å². The van der Waals surface area contributed by atoms with E-state index in [9.17, 15) is 4.39 Å². The van der Waals surface area contributed by atoms with Gasteiger partial charge in [0.2, 0.25) is 0 Å². The number of hydrogen-bond donors (Lipinski definition) is 0. The molecule has 0 atom stereocenters. The van der Waals surface area contributed by atoms with Gasteiger partial charge in [0.15, 0.2) is 0 Å². The first kappa shape index (κ1) is 8.41. The first-order valence-corrected chi connectivity index (χ1v) is 3.23. The van der Waals surface area contributed by atoms with Crippen molar-refractivity contribution in [3.63, 3.8) is 0 Å². The van der Waals surface area contributed by atoms with Gasteiger partial charge in [-0.3, -0.25) is 0 Å². The van der Waals surface area contributed by atoms with E-state index in [1.165, 1.54) is 6.08 Å². The lowest BCUT2D eigenvalue weighted by Gasteiger charge is -1.96. The van der Waals surface area contributed by atoms with E-state index in [-0.39, 0.29) is 5.83 Å². The van der Waals surface area contributed by atoms with Crippen LogP contribution in [0.15, 0.2) is 23.6 Å². The molecule has 0 N–H and O–H groups in total. The maximum atomic E-state index is 12.6. The quantitative estimate of drug-likeness (QED) is 0.501. The molecule has 0 nitrogen and oxygen atoms in total. The molecular formula is C8H13F. The molecule has 0 amide bonds. The largest absolute Gasteiger partial charge is 0.207 e. The average Bonchev–Trinajstić information content (AvgIpc) is 1.90. The molecule has 0 aliphatic carbocycles. The fourth-order valence-corrected chi connectivity index (χ4v) is 0.696. The van der Waals surface area contributed by atoms with Crippen LogP contribution in [0, 0.1) is 0 Å². The van der Waals surface area contributed by atoms with Gasteiger partial charge in [-0.1, -0.05) is 19.1 Å². The molecule has 0 aliphatic rings. The van der Waals surface area contributed by atoms with E-state index in [1.54, 1.807) is 13.0 Å². The Morgan fingerprint density at radius 1 is 1.33 bits per heavy atom. The fraction of sp³-hybridized carbons (Fsp3) is 0.500. The summed E-state index contributed by atoms with van der Waals surface area (Å²) in [5, 5.41) is 0. The molecule has 0 radical (unpaired) electrons. The Hall–Kier alpha value is -0.590. The summed E-state index contributed by atoms with van der Waals surface area (Å²) in [6.45, 7) is 5.49. The van der Waals surface area contributed by atoms with Crippen LogP contribution in [0.2, 0.25) is 0 Å². The summed E-state index contributed by atoms with van der Waals surface area (Å²) < 4.78 is 12.6. The fourth-order valence-electron chi connectivity index (χ4n) is 0.696. The van der Waals surface area contributed by atoms with E-state index in [2.05, 4.69) is 0 Å². The zero-order valence-electron chi connectivity index (χ0n) is 6.24. The smallest absolute Gasteiger partial charge is 0.121 e. The lowest BCUT2D eigenvalue weighted by atomic mass is 10.2. The van der Waals surface area contributed by atoms with E-state index in [0.29, 0.717) is 0 Å². The van der Waals surface area contributed by atoms with Crippen molar-refractivity contribution in [2.24, 2.45) is 0 Å². The van der Waals surface area contributed by atoms with Crippen LogP contribution in [0.5, 0.6) is 0 Å². The number of rotatable bonds is 2. The van der Waals surface area contributed by atoms with Crippen LogP contribution in [-0.2, 0) is 0 Å². The van der Waals surface area contributed by atoms with Gasteiger partial charge in [0.1, 0.15) is 5.83 Å². The van der Waals surface area contributed by atoms with E-state index >= 15 is 0 Å². The van der Waals surface area contributed by atoms with Crippen molar-refractivity contribution in [1.29, 1.82) is 0 Å². The van der Waals surface area contributed by atoms with Crippen LogP contribution >= 0.6 is 0 Å². The molecule has 0 aliphatic heterocycles. The minimum atomic E-state index is -0.0972. The van der Waals surface area contributed by atoms with Crippen molar-refractivity contribution in [3.8, 4) is 0 Å². The molecule has 0 heterocycles. The molecule has 0 saturated carbocycles. The highest BCUT2D eigenvalue weighted by Gasteiger charge is 1.96. The number of allylic oxidation sites excluding steroid dienone is 4. The minimum absolute atomic E-state index is 0.0972. The van der Waals surface area contributed by atoms with Gasteiger partial charge < -0.3 is 0 Å². The van der Waals surface area contributed by atoms with E-state index in [0.717, 1.165) is 12.0 Å². The summed E-state index contributed by atoms with van der Waals surface area (Å²) >= 11 is 0. The van der Waals surface area contributed by atoms with Gasteiger partial charge in [0.25, 0.3) is 0 Å². The maximum absolute atomic E-state index is 12.6. The molecule has 1 heteroatoms. The van der Waals surface area contributed by atoms with E-state index in [4.69, 9.17) is 0 Å². The first-order valence-electron chi connectivity index (χ1n) is 3.23. The Balaban J connectivity index is 4.14. The molecule has 0 bridgehead atoms. The monoisotopic (exact) mass is 128 g/mol. The first-order chi connectivity index (χ1) is 4.26. The second-order valence-corrected chi connectivity index (χ2v) is 1.80. The highest BCUT2D eigenvalue weighted by molar-refractivity contribution is 5.23. The Labute approximate surface area is 56.1 Å². The molecule has 52 valence electrons. The minimum Gasteiger partial charge on any atom is -0.207 e. The van der Waals surface area contributed by atoms with Crippen molar-refractivity contribution in [2.45, 2.75) is 27.2 Å². The van der Waals surface area contributed by atoms with Gasteiger partial charge in [-0.2, -0.15) is 0 Å². The highest BCUT2D eigenvalue weighted by Crippen LogP contribution is 2.13. The lowest BCUT2D eigenvalue weighted by molar-refractivity contribution is 0.640. The van der Waals surface area contributed by atoms with Crippen LogP contribution < -0.4 is 0 Å². The van der Waals surface area contributed by atoms with Crippen molar-refractivity contribution in [2.75, 3.05) is 0 Å². The topological polar surface area (TPSA) is 0 Å². The van der Waals surface area contributed by atoms with E-state index < -0.39 is 0 Å². The average molecular weight is 128 g/mol. The Bertz CT molecular complexity index is 132. The van der Waals surface area contributed by atoms with Crippen LogP contribution in [0.3, 0.4) is 0 Å². The number of hydrogen-bond acceptors (Lipinski definition) is 0. The lowest BCUT2D eigenvalue weighted by Crippen LogP contribution is -1.78. The molecule has 0 aromatic rings. The van der Waals surface area contributed by atoms with Crippen LogP contribution in [-0.4, -0.2) is 0 Å². The summed E-state index contributed by atoms with van der Waals surface area (Å²) in [5.74, 6) is -0.0972. The van der Waals surface area contributed by atoms with Gasteiger partial charge in [-0.25, -0.2) is 4.39 Å². The Kier molecular flexibility index (Phi) is 4.02. The molecule has 0 aromatic heterocycles. The molecular weight excluding hydrogens is 115 g/mol. The predicted molar refractivity (Wildman–Crippen MR) is 38.9 cm³/mol. The Morgan fingerprint density at radius 2 is 1.89 bits per heavy atom. The molecule has 0 fully saturated rings. The summed E-state index contributed by atoms with van der Waals surface area (Å²) in [4.78, 5) is 0. The standard InChI is InChI=1S/C8H13F/c1-4-7(5-2)8(9)6-3/h4,6H,5H2,1-3H3/b7-4-,8-6+. The Morgan fingerprint density at radius 3 is 2.00 bits per heavy atom. The molecule has 0 unspecified atom stereocenters. The van der Waals surface area contributed by atoms with Crippen LogP contribution in [0.1, 0.15) is 27.2 Å². The van der Waals surface area contributed by atoms with Crippen LogP contribution in [0.4, 0.5) is 4.39 Å². The third-order valence-corrected chi connectivity index (χ3v) is 1.29. The second kappa shape index (κ2) is 4.30. The second-order valence-electron chi connectivity index (χ2n) is 1.80. The molecule has 0 aromatic carbocycles. The molecule has 0 rings (SSSR count). The highest BCUT2D eigenvalue weighted by atomic mass is 19.1. The van der Waals surface area contributed by atoms with Gasteiger partial charge in [0, 0.05) is 0 Å². The van der Waals surface area contributed by atoms with Crippen molar-refractivity contribution >= 4 is 0 Å². The molecule has 9 heavy (non-hydrogen) atoms. The van der Waals surface area contributed by atoms with Gasteiger partial charge >= 0.3 is 0 Å². The van der Waals surface area contributed by atoms with Crippen molar-refractivity contribution < 1.29 is 4.39 Å². The molecule has 0 spiro atoms. The van der Waals surface area contributed by atoms with Crippen molar-refractivity contribution in [1.82, 2.24) is 0 Å². The van der Waals surface area contributed by atoms with Gasteiger partial charge in [-0.15, -0.1) is 0 Å². The van der Waals surface area contributed by atoms with Crippen LogP contribution in [0.25, 0.3) is 0 Å². The normalized spacial score (nSPS) is 14.2. The zero-order valence-corrected chi connectivity index (χ0v) is 6.24. The van der Waals surface area contributed by atoms with Crippen molar-refractivity contribution in [3.05, 3.63) is 23.6 Å². The third-order valence-electron chi connectivity index (χ3n) is 1.29. The van der Waals surface area contributed by atoms with Gasteiger partial charge in [-0.05, 0) is 25.8 Å². The third kappa shape index (κ3) is 2.45. The summed E-state index contributed by atoms with van der Waals surface area (Å²) in [6, 6.07) is 0. The number of halogens is 1. The summed E-state index contributed by atoms with van der Waals surface area (Å²) in [7, 11) is 0. The van der Waals surface area contributed by atoms with Gasteiger partial charge in [0.05, 0.1) is 0 Å². The predicted octanol–water partition coefficient (Wildman–Crippen LogP) is 3.22.